The first-order valence-electron chi connectivity index (χ1n) is 8.49. The van der Waals surface area contributed by atoms with Crippen LogP contribution in [-0.4, -0.2) is 59.4 Å². The van der Waals surface area contributed by atoms with E-state index in [1.165, 1.54) is 0 Å². The van der Waals surface area contributed by atoms with Crippen LogP contribution in [0.15, 0.2) is 24.3 Å². The quantitative estimate of drug-likeness (QED) is 0.889. The number of nitrogens with one attached hydrogen (secondary N) is 1. The summed E-state index contributed by atoms with van der Waals surface area (Å²) in [5, 5.41) is 2.89. The van der Waals surface area contributed by atoms with E-state index < -0.39 is 0 Å². The molecule has 1 saturated heterocycles. The molecule has 6 heteroatoms. The Morgan fingerprint density at radius 2 is 1.88 bits per heavy atom. The minimum atomic E-state index is -0.112. The van der Waals surface area contributed by atoms with Gasteiger partial charge >= 0.3 is 6.03 Å². The van der Waals surface area contributed by atoms with Crippen molar-refractivity contribution in [3.8, 4) is 0 Å². The highest BCUT2D eigenvalue weighted by Gasteiger charge is 2.17. The number of benzene rings is 1. The smallest absolute Gasteiger partial charge is 0.321 e. The highest BCUT2D eigenvalue weighted by Crippen LogP contribution is 2.14. The van der Waals surface area contributed by atoms with Gasteiger partial charge in [0.25, 0.3) is 0 Å². The number of carbonyl (C=O) groups is 2. The summed E-state index contributed by atoms with van der Waals surface area (Å²) in [7, 11) is 1.80. The molecule has 1 aromatic carbocycles. The van der Waals surface area contributed by atoms with E-state index >= 15 is 0 Å². The van der Waals surface area contributed by atoms with Crippen LogP contribution in [0.1, 0.15) is 25.8 Å². The number of rotatable bonds is 5. The normalized spacial score (nSPS) is 15.7. The Bertz CT molecular complexity index is 521. The van der Waals surface area contributed by atoms with Gasteiger partial charge < -0.3 is 15.1 Å². The number of thioether (sulfide) groups is 1. The van der Waals surface area contributed by atoms with Crippen molar-refractivity contribution in [2.24, 2.45) is 0 Å². The van der Waals surface area contributed by atoms with Crippen LogP contribution < -0.4 is 5.32 Å². The molecule has 0 radical (unpaired) electrons. The number of nitrogens with zero attached hydrogens (tertiary/aromatic N) is 2. The van der Waals surface area contributed by atoms with Gasteiger partial charge in [0.1, 0.15) is 0 Å². The first kappa shape index (κ1) is 18.6. The minimum absolute atomic E-state index is 0.112. The third-order valence-electron chi connectivity index (χ3n) is 4.50. The molecule has 0 spiro atoms. The maximum atomic E-state index is 12.3. The predicted molar refractivity (Wildman–Crippen MR) is 101 cm³/mol. The third kappa shape index (κ3) is 5.16. The zero-order valence-electron chi connectivity index (χ0n) is 14.7. The molecule has 1 atom stereocenters. The van der Waals surface area contributed by atoms with Gasteiger partial charge in [0, 0.05) is 43.4 Å². The van der Waals surface area contributed by atoms with Gasteiger partial charge in [-0.05, 0) is 31.0 Å². The number of carbonyl (C=O) groups excluding carboxylic acids is 2. The standard InChI is InChI=1S/C18H27N3O2S/c1-4-14(2)20(3)18(23)19-16-7-5-15(6-8-16)13-17(22)21-9-11-24-12-10-21/h5-8,14H,4,9-13H2,1-3H3,(H,19,23)/t14-/m1/s1. The van der Waals surface area contributed by atoms with Crippen LogP contribution in [0.2, 0.25) is 0 Å². The molecule has 132 valence electrons. The van der Waals surface area contributed by atoms with Crippen LogP contribution in [0.25, 0.3) is 0 Å². The monoisotopic (exact) mass is 349 g/mol. The fourth-order valence-electron chi connectivity index (χ4n) is 2.49. The number of amides is 3. The van der Waals surface area contributed by atoms with Crippen LogP contribution in [0, 0.1) is 0 Å². The van der Waals surface area contributed by atoms with E-state index in [0.717, 1.165) is 42.3 Å². The number of hydrogen-bond acceptors (Lipinski definition) is 3. The summed E-state index contributed by atoms with van der Waals surface area (Å²) in [6.07, 6.45) is 1.34. The Balaban J connectivity index is 1.88. The van der Waals surface area contributed by atoms with E-state index in [-0.39, 0.29) is 18.0 Å². The third-order valence-corrected chi connectivity index (χ3v) is 5.44. The van der Waals surface area contributed by atoms with Gasteiger partial charge in [-0.25, -0.2) is 4.79 Å². The van der Waals surface area contributed by atoms with Crippen molar-refractivity contribution in [2.45, 2.75) is 32.7 Å². The lowest BCUT2D eigenvalue weighted by Crippen LogP contribution is -2.38. The van der Waals surface area contributed by atoms with Gasteiger partial charge in [-0.2, -0.15) is 11.8 Å². The molecule has 1 heterocycles. The molecule has 1 aromatic rings. The van der Waals surface area contributed by atoms with E-state index in [4.69, 9.17) is 0 Å². The van der Waals surface area contributed by atoms with Gasteiger partial charge in [-0.3, -0.25) is 4.79 Å². The second kappa shape index (κ2) is 8.97. The molecule has 1 aliphatic heterocycles. The SMILES string of the molecule is CC[C@@H](C)N(C)C(=O)Nc1ccc(CC(=O)N2CCSCC2)cc1. The van der Waals surface area contributed by atoms with Crippen LogP contribution in [0.5, 0.6) is 0 Å². The molecule has 0 aliphatic carbocycles. The lowest BCUT2D eigenvalue weighted by molar-refractivity contribution is -0.130. The van der Waals surface area contributed by atoms with Crippen molar-refractivity contribution < 1.29 is 9.59 Å². The molecular formula is C18H27N3O2S. The van der Waals surface area contributed by atoms with E-state index in [1.807, 2.05) is 47.9 Å². The fourth-order valence-corrected chi connectivity index (χ4v) is 3.39. The van der Waals surface area contributed by atoms with Gasteiger partial charge in [0.15, 0.2) is 0 Å². The zero-order valence-corrected chi connectivity index (χ0v) is 15.6. The van der Waals surface area contributed by atoms with Crippen molar-refractivity contribution in [3.05, 3.63) is 29.8 Å². The second-order valence-corrected chi connectivity index (χ2v) is 7.39. The molecule has 0 bridgehead atoms. The summed E-state index contributed by atoms with van der Waals surface area (Å²) in [4.78, 5) is 28.0. The van der Waals surface area contributed by atoms with Gasteiger partial charge in [-0.1, -0.05) is 19.1 Å². The number of hydrogen-bond donors (Lipinski definition) is 1. The van der Waals surface area contributed by atoms with Gasteiger partial charge in [-0.15, -0.1) is 0 Å². The highest BCUT2D eigenvalue weighted by molar-refractivity contribution is 7.99. The molecule has 1 N–H and O–H groups in total. The number of anilines is 1. The topological polar surface area (TPSA) is 52.7 Å². The fraction of sp³-hybridized carbons (Fsp3) is 0.556. The molecular weight excluding hydrogens is 322 g/mol. The first-order valence-corrected chi connectivity index (χ1v) is 9.65. The summed E-state index contributed by atoms with van der Waals surface area (Å²) in [5.74, 6) is 2.24. The lowest BCUT2D eigenvalue weighted by atomic mass is 10.1. The average Bonchev–Trinajstić information content (AvgIpc) is 2.62. The van der Waals surface area contributed by atoms with Crippen molar-refractivity contribution in [3.63, 3.8) is 0 Å². The highest BCUT2D eigenvalue weighted by atomic mass is 32.2. The Morgan fingerprint density at radius 1 is 1.25 bits per heavy atom. The van der Waals surface area contributed by atoms with Crippen molar-refractivity contribution in [2.75, 3.05) is 37.0 Å². The molecule has 0 saturated carbocycles. The summed E-state index contributed by atoms with van der Waals surface area (Å²) in [5.41, 5.74) is 1.73. The second-order valence-electron chi connectivity index (χ2n) is 6.17. The van der Waals surface area contributed by atoms with Crippen molar-refractivity contribution in [1.82, 2.24) is 9.80 Å². The van der Waals surface area contributed by atoms with Gasteiger partial charge in [0.05, 0.1) is 6.42 Å². The summed E-state index contributed by atoms with van der Waals surface area (Å²) in [6, 6.07) is 7.63. The largest absolute Gasteiger partial charge is 0.341 e. The maximum Gasteiger partial charge on any atom is 0.321 e. The Labute approximate surface area is 148 Å². The van der Waals surface area contributed by atoms with Gasteiger partial charge in [0.2, 0.25) is 5.91 Å². The van der Waals surface area contributed by atoms with E-state index in [9.17, 15) is 9.59 Å². The van der Waals surface area contributed by atoms with Crippen molar-refractivity contribution in [1.29, 1.82) is 0 Å². The maximum absolute atomic E-state index is 12.3. The molecule has 3 amide bonds. The molecule has 0 unspecified atom stereocenters. The minimum Gasteiger partial charge on any atom is -0.341 e. The van der Waals surface area contributed by atoms with E-state index in [2.05, 4.69) is 12.2 Å². The molecule has 1 fully saturated rings. The Kier molecular flexibility index (Phi) is 6.97. The summed E-state index contributed by atoms with van der Waals surface area (Å²) in [6.45, 7) is 5.77. The van der Waals surface area contributed by atoms with E-state index in [1.54, 1.807) is 11.9 Å². The molecule has 0 aromatic heterocycles. The predicted octanol–water partition coefficient (Wildman–Crippen LogP) is 3.07. The lowest BCUT2D eigenvalue weighted by Gasteiger charge is -2.26. The molecule has 2 rings (SSSR count). The van der Waals surface area contributed by atoms with Crippen LogP contribution in [0.4, 0.5) is 10.5 Å². The van der Waals surface area contributed by atoms with Crippen LogP contribution in [0.3, 0.4) is 0 Å². The number of urea groups is 1. The summed E-state index contributed by atoms with van der Waals surface area (Å²) < 4.78 is 0. The summed E-state index contributed by atoms with van der Waals surface area (Å²) >= 11 is 1.90. The molecule has 24 heavy (non-hydrogen) atoms. The molecule has 1 aliphatic rings. The Morgan fingerprint density at radius 3 is 2.46 bits per heavy atom. The van der Waals surface area contributed by atoms with Crippen molar-refractivity contribution >= 4 is 29.4 Å². The zero-order chi connectivity index (χ0) is 17.5. The first-order chi connectivity index (χ1) is 11.5. The Hall–Kier alpha value is -1.69. The van der Waals surface area contributed by atoms with Crippen LogP contribution in [-0.2, 0) is 11.2 Å². The van der Waals surface area contributed by atoms with E-state index in [0.29, 0.717) is 6.42 Å². The average molecular weight is 350 g/mol. The van der Waals surface area contributed by atoms with Crippen LogP contribution >= 0.6 is 11.8 Å². The molecule has 5 nitrogen and oxygen atoms in total.